The predicted octanol–water partition coefficient (Wildman–Crippen LogP) is 4.07. The van der Waals surface area contributed by atoms with Crippen LogP contribution in [0.15, 0.2) is 48.5 Å². The molecule has 0 amide bonds. The van der Waals surface area contributed by atoms with E-state index in [9.17, 15) is 9.59 Å². The average molecular weight is 407 g/mol. The van der Waals surface area contributed by atoms with Crippen LogP contribution in [0, 0.1) is 5.92 Å². The molecule has 0 radical (unpaired) electrons. The second kappa shape index (κ2) is 9.43. The standard InChI is InChI=1S/C25H30N2O3/c28-22(17-25(29)30)13-16-26-14-11-19(12-15-26)18-27-23-7-3-1-5-20(23)9-10-21-6-2-4-8-24(21)27/h1-8,19H,9-18H2,(H,29,30). The molecule has 0 unspecified atom stereocenters. The molecule has 2 heterocycles. The zero-order chi connectivity index (χ0) is 20.9. The zero-order valence-electron chi connectivity index (χ0n) is 17.4. The second-order valence-electron chi connectivity index (χ2n) is 8.51. The van der Waals surface area contributed by atoms with E-state index >= 15 is 0 Å². The molecule has 2 aromatic carbocycles. The Labute approximate surface area is 178 Å². The van der Waals surface area contributed by atoms with Crippen LogP contribution < -0.4 is 4.90 Å². The first-order valence-electron chi connectivity index (χ1n) is 11.0. The lowest BCUT2D eigenvalue weighted by Gasteiger charge is -2.36. The number of aryl methyl sites for hydroxylation is 2. The Bertz CT molecular complexity index is 855. The number of para-hydroxylation sites is 2. The number of carboxylic acid groups (broad SMARTS) is 1. The Morgan fingerprint density at radius 1 is 0.900 bits per heavy atom. The van der Waals surface area contributed by atoms with Gasteiger partial charge in [-0.15, -0.1) is 0 Å². The van der Waals surface area contributed by atoms with Gasteiger partial charge in [-0.25, -0.2) is 0 Å². The zero-order valence-corrected chi connectivity index (χ0v) is 17.4. The SMILES string of the molecule is O=C(O)CC(=O)CCN1CCC(CN2c3ccccc3CCc3ccccc32)CC1. The molecule has 1 N–H and O–H groups in total. The first-order valence-corrected chi connectivity index (χ1v) is 11.0. The highest BCUT2D eigenvalue weighted by molar-refractivity contribution is 5.94. The number of anilines is 2. The highest BCUT2D eigenvalue weighted by Gasteiger charge is 2.26. The van der Waals surface area contributed by atoms with Gasteiger partial charge in [0.2, 0.25) is 0 Å². The fraction of sp³-hybridized carbons (Fsp3) is 0.440. The number of carbonyl (C=O) groups excluding carboxylic acids is 1. The molecule has 30 heavy (non-hydrogen) atoms. The topological polar surface area (TPSA) is 60.9 Å². The summed E-state index contributed by atoms with van der Waals surface area (Å²) in [6, 6.07) is 17.6. The van der Waals surface area contributed by atoms with Crippen molar-refractivity contribution in [2.24, 2.45) is 5.92 Å². The van der Waals surface area contributed by atoms with Crippen LogP contribution in [-0.4, -0.2) is 47.9 Å². The third-order valence-electron chi connectivity index (χ3n) is 6.43. The van der Waals surface area contributed by atoms with Gasteiger partial charge < -0.3 is 14.9 Å². The lowest BCUT2D eigenvalue weighted by Crippen LogP contribution is -2.38. The van der Waals surface area contributed by atoms with Crippen molar-refractivity contribution in [3.8, 4) is 0 Å². The first kappa shape index (κ1) is 20.6. The van der Waals surface area contributed by atoms with Gasteiger partial charge in [0.1, 0.15) is 12.2 Å². The number of fused-ring (bicyclic) bond motifs is 2. The molecule has 4 rings (SSSR count). The normalized spacial score (nSPS) is 17.1. The minimum Gasteiger partial charge on any atom is -0.481 e. The Balaban J connectivity index is 1.39. The number of nitrogens with zero attached hydrogens (tertiary/aromatic N) is 2. The van der Waals surface area contributed by atoms with E-state index in [4.69, 9.17) is 5.11 Å². The first-order chi connectivity index (χ1) is 14.6. The molecule has 5 heteroatoms. The van der Waals surface area contributed by atoms with Gasteiger partial charge in [-0.3, -0.25) is 9.59 Å². The number of Topliss-reactive ketones (excluding diaryl/α,β-unsaturated/α-hetero) is 1. The van der Waals surface area contributed by atoms with Crippen LogP contribution in [0.3, 0.4) is 0 Å². The van der Waals surface area contributed by atoms with Crippen LogP contribution in [0.25, 0.3) is 0 Å². The molecular weight excluding hydrogens is 376 g/mol. The van der Waals surface area contributed by atoms with E-state index in [1.54, 1.807) is 0 Å². The number of benzene rings is 2. The van der Waals surface area contributed by atoms with Crippen molar-refractivity contribution in [3.05, 3.63) is 59.7 Å². The minimum atomic E-state index is -1.03. The fourth-order valence-corrected chi connectivity index (χ4v) is 4.76. The van der Waals surface area contributed by atoms with Crippen molar-refractivity contribution >= 4 is 23.1 Å². The van der Waals surface area contributed by atoms with E-state index < -0.39 is 5.97 Å². The number of aliphatic carboxylic acids is 1. The van der Waals surface area contributed by atoms with Crippen LogP contribution in [0.1, 0.15) is 36.8 Å². The minimum absolute atomic E-state index is 0.178. The Kier molecular flexibility index (Phi) is 6.48. The van der Waals surface area contributed by atoms with Crippen molar-refractivity contribution in [2.45, 2.75) is 38.5 Å². The summed E-state index contributed by atoms with van der Waals surface area (Å²) in [6.45, 7) is 3.64. The summed E-state index contributed by atoms with van der Waals surface area (Å²) in [5.41, 5.74) is 5.51. The number of hydrogen-bond donors (Lipinski definition) is 1. The Hall–Kier alpha value is -2.66. The van der Waals surface area contributed by atoms with E-state index in [0.29, 0.717) is 18.9 Å². The number of piperidine rings is 1. The molecule has 0 spiro atoms. The second-order valence-corrected chi connectivity index (χ2v) is 8.51. The summed E-state index contributed by atoms with van der Waals surface area (Å²) in [5, 5.41) is 8.73. The molecule has 0 atom stereocenters. The molecule has 0 bridgehead atoms. The molecule has 1 saturated heterocycles. The maximum absolute atomic E-state index is 11.7. The highest BCUT2D eigenvalue weighted by atomic mass is 16.4. The van der Waals surface area contributed by atoms with Crippen LogP contribution in [0.5, 0.6) is 0 Å². The smallest absolute Gasteiger partial charge is 0.310 e. The Morgan fingerprint density at radius 2 is 1.47 bits per heavy atom. The molecule has 5 nitrogen and oxygen atoms in total. The molecule has 2 aliphatic rings. The summed E-state index contributed by atoms with van der Waals surface area (Å²) in [6.07, 6.45) is 4.34. The summed E-state index contributed by atoms with van der Waals surface area (Å²) in [7, 11) is 0. The number of hydrogen-bond acceptors (Lipinski definition) is 4. The quantitative estimate of drug-likeness (QED) is 0.703. The van der Waals surface area contributed by atoms with Crippen molar-refractivity contribution in [1.29, 1.82) is 0 Å². The van der Waals surface area contributed by atoms with Crippen LogP contribution >= 0.6 is 0 Å². The van der Waals surface area contributed by atoms with Gasteiger partial charge in [-0.2, -0.15) is 0 Å². The maximum Gasteiger partial charge on any atom is 0.310 e. The van der Waals surface area contributed by atoms with Crippen LogP contribution in [0.2, 0.25) is 0 Å². The molecule has 0 aromatic heterocycles. The van der Waals surface area contributed by atoms with E-state index in [2.05, 4.69) is 58.3 Å². The predicted molar refractivity (Wildman–Crippen MR) is 118 cm³/mol. The molecule has 0 aliphatic carbocycles. The van der Waals surface area contributed by atoms with Crippen molar-refractivity contribution in [3.63, 3.8) is 0 Å². The molecule has 2 aromatic rings. The van der Waals surface area contributed by atoms with Crippen molar-refractivity contribution in [2.75, 3.05) is 31.1 Å². The van der Waals surface area contributed by atoms with Gasteiger partial charge in [0.15, 0.2) is 0 Å². The van der Waals surface area contributed by atoms with Gasteiger partial charge in [0.25, 0.3) is 0 Å². The van der Waals surface area contributed by atoms with E-state index in [-0.39, 0.29) is 12.2 Å². The van der Waals surface area contributed by atoms with Gasteiger partial charge >= 0.3 is 5.97 Å². The fourth-order valence-electron chi connectivity index (χ4n) is 4.76. The molecular formula is C25H30N2O3. The monoisotopic (exact) mass is 406 g/mol. The number of rotatable bonds is 7. The summed E-state index contributed by atoms with van der Waals surface area (Å²) in [4.78, 5) is 27.2. The molecule has 158 valence electrons. The Morgan fingerprint density at radius 3 is 2.03 bits per heavy atom. The number of ketones is 1. The number of likely N-dealkylation sites (tertiary alicyclic amines) is 1. The summed E-state index contributed by atoms with van der Waals surface area (Å²) < 4.78 is 0. The molecule has 2 aliphatic heterocycles. The van der Waals surface area contributed by atoms with E-state index in [0.717, 1.165) is 45.3 Å². The maximum atomic E-state index is 11.7. The highest BCUT2D eigenvalue weighted by Crippen LogP contribution is 2.37. The third kappa shape index (κ3) is 4.90. The van der Waals surface area contributed by atoms with Gasteiger partial charge in [-0.05, 0) is 68.0 Å². The van der Waals surface area contributed by atoms with Crippen molar-refractivity contribution in [1.82, 2.24) is 4.90 Å². The summed E-state index contributed by atoms with van der Waals surface area (Å²) >= 11 is 0. The lowest BCUT2D eigenvalue weighted by molar-refractivity contribution is -0.140. The molecule has 0 saturated carbocycles. The third-order valence-corrected chi connectivity index (χ3v) is 6.43. The largest absolute Gasteiger partial charge is 0.481 e. The van der Waals surface area contributed by atoms with E-state index in [1.807, 2.05) is 0 Å². The van der Waals surface area contributed by atoms with Gasteiger partial charge in [0.05, 0.1) is 0 Å². The van der Waals surface area contributed by atoms with Gasteiger partial charge in [-0.1, -0.05) is 36.4 Å². The average Bonchev–Trinajstić information content (AvgIpc) is 2.90. The number of carboxylic acids is 1. The van der Waals surface area contributed by atoms with Gasteiger partial charge in [0, 0.05) is 30.9 Å². The lowest BCUT2D eigenvalue weighted by atomic mass is 9.95. The van der Waals surface area contributed by atoms with Crippen molar-refractivity contribution < 1.29 is 14.7 Å². The molecule has 1 fully saturated rings. The number of carbonyl (C=O) groups is 2. The van der Waals surface area contributed by atoms with Crippen LogP contribution in [0.4, 0.5) is 11.4 Å². The van der Waals surface area contributed by atoms with E-state index in [1.165, 1.54) is 22.5 Å². The van der Waals surface area contributed by atoms with Crippen LogP contribution in [-0.2, 0) is 22.4 Å². The summed E-state index contributed by atoms with van der Waals surface area (Å²) in [5.74, 6) is -0.602.